The van der Waals surface area contributed by atoms with Crippen molar-refractivity contribution in [3.05, 3.63) is 59.9 Å². The standard InChI is InChI=1S/C16H20N4O/c1-12(17)14-3-5-15(6-4-14)19-16(21)20(2)11-13-7-9-18-10-8-13/h3-10,12H,11,17H2,1-2H3,(H,19,21). The third kappa shape index (κ3) is 4.29. The Morgan fingerprint density at radius 1 is 1.24 bits per heavy atom. The number of nitrogens with zero attached hydrogens (tertiary/aromatic N) is 2. The van der Waals surface area contributed by atoms with Gasteiger partial charge in [-0.05, 0) is 42.3 Å². The van der Waals surface area contributed by atoms with Gasteiger partial charge in [0.25, 0.3) is 0 Å². The van der Waals surface area contributed by atoms with Gasteiger partial charge in [-0.15, -0.1) is 0 Å². The number of amides is 2. The van der Waals surface area contributed by atoms with Crippen LogP contribution in [0.3, 0.4) is 0 Å². The molecule has 2 aromatic rings. The van der Waals surface area contributed by atoms with E-state index in [9.17, 15) is 4.79 Å². The summed E-state index contributed by atoms with van der Waals surface area (Å²) in [5.74, 6) is 0. The summed E-state index contributed by atoms with van der Waals surface area (Å²) in [6.45, 7) is 2.46. The predicted octanol–water partition coefficient (Wildman–Crippen LogP) is 2.77. The fourth-order valence-corrected chi connectivity index (χ4v) is 1.92. The highest BCUT2D eigenvalue weighted by atomic mass is 16.2. The van der Waals surface area contributed by atoms with E-state index in [1.54, 1.807) is 24.3 Å². The van der Waals surface area contributed by atoms with Gasteiger partial charge in [-0.3, -0.25) is 4.98 Å². The lowest BCUT2D eigenvalue weighted by Gasteiger charge is -2.18. The molecule has 5 heteroatoms. The first kappa shape index (κ1) is 15.0. The van der Waals surface area contributed by atoms with Crippen molar-refractivity contribution in [1.29, 1.82) is 0 Å². The highest BCUT2D eigenvalue weighted by Crippen LogP contribution is 2.14. The van der Waals surface area contributed by atoms with Gasteiger partial charge in [0.1, 0.15) is 0 Å². The van der Waals surface area contributed by atoms with Crippen LogP contribution in [-0.4, -0.2) is 23.0 Å². The number of benzene rings is 1. The van der Waals surface area contributed by atoms with Crippen molar-refractivity contribution in [2.45, 2.75) is 19.5 Å². The summed E-state index contributed by atoms with van der Waals surface area (Å²) < 4.78 is 0. The van der Waals surface area contributed by atoms with Crippen molar-refractivity contribution < 1.29 is 4.79 Å². The molecule has 1 unspecified atom stereocenters. The summed E-state index contributed by atoms with van der Waals surface area (Å²) in [6, 6.07) is 11.2. The second kappa shape index (κ2) is 6.85. The first-order chi connectivity index (χ1) is 10.1. The van der Waals surface area contributed by atoms with Crippen LogP contribution in [-0.2, 0) is 6.54 Å². The zero-order valence-corrected chi connectivity index (χ0v) is 12.3. The number of carbonyl (C=O) groups is 1. The second-order valence-electron chi connectivity index (χ2n) is 5.05. The molecule has 0 radical (unpaired) electrons. The first-order valence-corrected chi connectivity index (χ1v) is 6.83. The number of carbonyl (C=O) groups excluding carboxylic acids is 1. The summed E-state index contributed by atoms with van der Waals surface area (Å²) >= 11 is 0. The highest BCUT2D eigenvalue weighted by molar-refractivity contribution is 5.89. The molecule has 0 saturated heterocycles. The van der Waals surface area contributed by atoms with Crippen molar-refractivity contribution in [3.63, 3.8) is 0 Å². The SMILES string of the molecule is CC(N)c1ccc(NC(=O)N(C)Cc2ccncc2)cc1. The van der Waals surface area contributed by atoms with Gasteiger partial charge < -0.3 is 16.0 Å². The van der Waals surface area contributed by atoms with E-state index >= 15 is 0 Å². The second-order valence-corrected chi connectivity index (χ2v) is 5.05. The smallest absolute Gasteiger partial charge is 0.321 e. The fourth-order valence-electron chi connectivity index (χ4n) is 1.92. The summed E-state index contributed by atoms with van der Waals surface area (Å²) in [6.07, 6.45) is 3.43. The van der Waals surface area contributed by atoms with Gasteiger partial charge in [-0.25, -0.2) is 4.79 Å². The monoisotopic (exact) mass is 284 g/mol. The van der Waals surface area contributed by atoms with E-state index in [4.69, 9.17) is 5.73 Å². The Balaban J connectivity index is 1.94. The minimum Gasteiger partial charge on any atom is -0.324 e. The number of nitrogens with one attached hydrogen (secondary N) is 1. The molecule has 0 bridgehead atoms. The van der Waals surface area contributed by atoms with Crippen LogP contribution in [0.1, 0.15) is 24.1 Å². The topological polar surface area (TPSA) is 71.2 Å². The van der Waals surface area contributed by atoms with Crippen LogP contribution in [0, 0.1) is 0 Å². The number of pyridine rings is 1. The maximum Gasteiger partial charge on any atom is 0.321 e. The lowest BCUT2D eigenvalue weighted by Crippen LogP contribution is -2.30. The van der Waals surface area contributed by atoms with Crippen molar-refractivity contribution in [2.24, 2.45) is 5.73 Å². The number of urea groups is 1. The number of hydrogen-bond acceptors (Lipinski definition) is 3. The summed E-state index contributed by atoms with van der Waals surface area (Å²) in [5, 5.41) is 2.86. The van der Waals surface area contributed by atoms with E-state index in [1.165, 1.54) is 0 Å². The fraction of sp³-hybridized carbons (Fsp3) is 0.250. The van der Waals surface area contributed by atoms with Gasteiger partial charge in [0.05, 0.1) is 0 Å². The van der Waals surface area contributed by atoms with Crippen molar-refractivity contribution >= 4 is 11.7 Å². The van der Waals surface area contributed by atoms with Gasteiger partial charge in [0.15, 0.2) is 0 Å². The normalized spacial score (nSPS) is 11.8. The van der Waals surface area contributed by atoms with Crippen LogP contribution in [0.5, 0.6) is 0 Å². The van der Waals surface area contributed by atoms with Crippen molar-refractivity contribution in [1.82, 2.24) is 9.88 Å². The van der Waals surface area contributed by atoms with Gasteiger partial charge >= 0.3 is 6.03 Å². The Morgan fingerprint density at radius 3 is 2.43 bits per heavy atom. The molecule has 1 aromatic heterocycles. The van der Waals surface area contributed by atoms with Crippen LogP contribution in [0.4, 0.5) is 10.5 Å². The molecule has 0 saturated carbocycles. The summed E-state index contributed by atoms with van der Waals surface area (Å²) in [7, 11) is 1.76. The van der Waals surface area contributed by atoms with E-state index in [0.29, 0.717) is 6.54 Å². The van der Waals surface area contributed by atoms with Crippen molar-refractivity contribution in [3.8, 4) is 0 Å². The lowest BCUT2D eigenvalue weighted by molar-refractivity contribution is 0.220. The molecule has 0 fully saturated rings. The molecule has 2 amide bonds. The largest absolute Gasteiger partial charge is 0.324 e. The minimum absolute atomic E-state index is 0.0101. The third-order valence-electron chi connectivity index (χ3n) is 3.20. The minimum atomic E-state index is -0.152. The van der Waals surface area contributed by atoms with Crippen LogP contribution < -0.4 is 11.1 Å². The van der Waals surface area contributed by atoms with Crippen LogP contribution in [0.2, 0.25) is 0 Å². The van der Waals surface area contributed by atoms with E-state index in [-0.39, 0.29) is 12.1 Å². The molecular formula is C16H20N4O. The molecule has 1 atom stereocenters. The average Bonchev–Trinajstić information content (AvgIpc) is 2.48. The molecule has 1 heterocycles. The maximum absolute atomic E-state index is 12.1. The van der Waals surface area contributed by atoms with Gasteiger partial charge in [0, 0.05) is 37.7 Å². The van der Waals surface area contributed by atoms with Crippen LogP contribution in [0.15, 0.2) is 48.8 Å². The zero-order valence-electron chi connectivity index (χ0n) is 12.3. The molecule has 110 valence electrons. The predicted molar refractivity (Wildman–Crippen MR) is 83.8 cm³/mol. The zero-order chi connectivity index (χ0) is 15.2. The molecule has 3 N–H and O–H groups in total. The summed E-state index contributed by atoms with van der Waals surface area (Å²) in [4.78, 5) is 17.7. The van der Waals surface area contributed by atoms with Crippen LogP contribution in [0.25, 0.3) is 0 Å². The lowest BCUT2D eigenvalue weighted by atomic mass is 10.1. The maximum atomic E-state index is 12.1. The van der Waals surface area contributed by atoms with E-state index < -0.39 is 0 Å². The molecular weight excluding hydrogens is 264 g/mol. The summed E-state index contributed by atoms with van der Waals surface area (Å²) in [5.41, 5.74) is 8.63. The Labute approximate surface area is 124 Å². The Hall–Kier alpha value is -2.40. The van der Waals surface area contributed by atoms with Gasteiger partial charge in [-0.2, -0.15) is 0 Å². The number of anilines is 1. The molecule has 1 aromatic carbocycles. The van der Waals surface area contributed by atoms with E-state index in [2.05, 4.69) is 10.3 Å². The van der Waals surface area contributed by atoms with Gasteiger partial charge in [0.2, 0.25) is 0 Å². The van der Waals surface area contributed by atoms with Crippen LogP contribution >= 0.6 is 0 Å². The van der Waals surface area contributed by atoms with E-state index in [0.717, 1.165) is 16.8 Å². The van der Waals surface area contributed by atoms with Crippen molar-refractivity contribution in [2.75, 3.05) is 12.4 Å². The molecule has 0 spiro atoms. The molecule has 0 aliphatic heterocycles. The molecule has 0 aliphatic carbocycles. The molecule has 5 nitrogen and oxygen atoms in total. The Morgan fingerprint density at radius 2 is 1.86 bits per heavy atom. The third-order valence-corrected chi connectivity index (χ3v) is 3.20. The quantitative estimate of drug-likeness (QED) is 0.907. The first-order valence-electron chi connectivity index (χ1n) is 6.83. The number of nitrogens with two attached hydrogens (primary N) is 1. The average molecular weight is 284 g/mol. The number of rotatable bonds is 4. The number of aromatic nitrogens is 1. The molecule has 21 heavy (non-hydrogen) atoms. The molecule has 0 aliphatic rings. The Bertz CT molecular complexity index is 581. The Kier molecular flexibility index (Phi) is 4.90. The van der Waals surface area contributed by atoms with Gasteiger partial charge in [-0.1, -0.05) is 12.1 Å². The molecule has 2 rings (SSSR count). The number of hydrogen-bond donors (Lipinski definition) is 2. The van der Waals surface area contributed by atoms with E-state index in [1.807, 2.05) is 43.3 Å². The highest BCUT2D eigenvalue weighted by Gasteiger charge is 2.09.